The molecule has 1 N–H and O–H groups in total. The summed E-state index contributed by atoms with van der Waals surface area (Å²) >= 11 is 0. The maximum Gasteiger partial charge on any atom is 0.312 e. The van der Waals surface area contributed by atoms with Crippen molar-refractivity contribution < 1.29 is 9.90 Å². The maximum absolute atomic E-state index is 11.2. The van der Waals surface area contributed by atoms with Gasteiger partial charge in [0.2, 0.25) is 0 Å². The molecule has 1 fully saturated rings. The highest BCUT2D eigenvalue weighted by atomic mass is 16.4. The highest BCUT2D eigenvalue weighted by molar-refractivity contribution is 5.75. The molecule has 0 aliphatic heterocycles. The second-order valence-corrected chi connectivity index (χ2v) is 5.24. The molecule has 1 unspecified atom stereocenters. The summed E-state index contributed by atoms with van der Waals surface area (Å²) in [5, 5.41) is 9.22. The lowest BCUT2D eigenvalue weighted by molar-refractivity contribution is -0.140. The number of hydrogen-bond acceptors (Lipinski definition) is 2. The molecule has 17 heavy (non-hydrogen) atoms. The Morgan fingerprint density at radius 2 is 2.12 bits per heavy atom. The van der Waals surface area contributed by atoms with Crippen molar-refractivity contribution in [3.05, 3.63) is 18.2 Å². The van der Waals surface area contributed by atoms with Crippen LogP contribution in [0, 0.1) is 5.92 Å². The van der Waals surface area contributed by atoms with Gasteiger partial charge in [-0.25, -0.2) is 4.98 Å². The van der Waals surface area contributed by atoms with Gasteiger partial charge < -0.3 is 9.67 Å². The fourth-order valence-electron chi connectivity index (χ4n) is 2.67. The van der Waals surface area contributed by atoms with Crippen LogP contribution in [0.3, 0.4) is 0 Å². The average molecular weight is 236 g/mol. The van der Waals surface area contributed by atoms with Crippen LogP contribution in [0.15, 0.2) is 12.5 Å². The first-order valence-corrected chi connectivity index (χ1v) is 6.35. The van der Waals surface area contributed by atoms with Gasteiger partial charge in [-0.3, -0.25) is 4.79 Å². The largest absolute Gasteiger partial charge is 0.481 e. The first-order chi connectivity index (χ1) is 8.09. The number of aromatic nitrogens is 2. The molecule has 0 amide bonds. The predicted octanol–water partition coefficient (Wildman–Crippen LogP) is 2.82. The van der Waals surface area contributed by atoms with Crippen LogP contribution in [-0.4, -0.2) is 20.6 Å². The third-order valence-corrected chi connectivity index (χ3v) is 3.62. The van der Waals surface area contributed by atoms with E-state index < -0.39 is 11.9 Å². The number of rotatable bonds is 4. The van der Waals surface area contributed by atoms with Crippen molar-refractivity contribution in [1.29, 1.82) is 0 Å². The van der Waals surface area contributed by atoms with E-state index in [0.717, 1.165) is 0 Å². The lowest BCUT2D eigenvalue weighted by atomic mass is 9.93. The summed E-state index contributed by atoms with van der Waals surface area (Å²) in [6.07, 6.45) is 8.64. The Kier molecular flexibility index (Phi) is 3.50. The van der Waals surface area contributed by atoms with E-state index in [1.807, 2.05) is 20.0 Å². The van der Waals surface area contributed by atoms with E-state index in [-0.39, 0.29) is 5.92 Å². The molecule has 1 aromatic rings. The van der Waals surface area contributed by atoms with Crippen molar-refractivity contribution in [2.45, 2.75) is 51.5 Å². The Bertz CT molecular complexity index is 392. The van der Waals surface area contributed by atoms with Gasteiger partial charge in [0, 0.05) is 12.2 Å². The van der Waals surface area contributed by atoms with Gasteiger partial charge in [0.05, 0.1) is 12.0 Å². The zero-order valence-corrected chi connectivity index (χ0v) is 10.5. The second kappa shape index (κ2) is 4.90. The summed E-state index contributed by atoms with van der Waals surface area (Å²) in [5.41, 5.74) is 0.694. The van der Waals surface area contributed by atoms with E-state index in [0.29, 0.717) is 11.7 Å². The molecule has 0 radical (unpaired) electrons. The number of carboxylic acids is 1. The van der Waals surface area contributed by atoms with E-state index in [2.05, 4.69) is 9.55 Å². The SMILES string of the molecule is CC(C)C(C(=O)O)c1cn(C2CCCC2)cn1. The van der Waals surface area contributed by atoms with Crippen LogP contribution in [0.4, 0.5) is 0 Å². The van der Waals surface area contributed by atoms with Gasteiger partial charge in [0.1, 0.15) is 5.92 Å². The molecule has 1 saturated carbocycles. The Labute approximate surface area is 102 Å². The molecule has 0 aromatic carbocycles. The molecule has 0 spiro atoms. The second-order valence-electron chi connectivity index (χ2n) is 5.24. The van der Waals surface area contributed by atoms with E-state index in [1.54, 1.807) is 6.33 Å². The number of aliphatic carboxylic acids is 1. The van der Waals surface area contributed by atoms with E-state index in [1.165, 1.54) is 25.7 Å². The fraction of sp³-hybridized carbons (Fsp3) is 0.692. The summed E-state index contributed by atoms with van der Waals surface area (Å²) in [4.78, 5) is 15.5. The summed E-state index contributed by atoms with van der Waals surface area (Å²) in [5.74, 6) is -1.20. The monoisotopic (exact) mass is 236 g/mol. The number of carboxylic acid groups (broad SMARTS) is 1. The molecular formula is C13H20N2O2. The Hall–Kier alpha value is -1.32. The Balaban J connectivity index is 2.18. The van der Waals surface area contributed by atoms with Gasteiger partial charge in [-0.1, -0.05) is 26.7 Å². The Morgan fingerprint density at radius 1 is 1.47 bits per heavy atom. The Morgan fingerprint density at radius 3 is 2.65 bits per heavy atom. The molecule has 0 saturated heterocycles. The van der Waals surface area contributed by atoms with Crippen LogP contribution in [0.1, 0.15) is 57.2 Å². The molecule has 1 heterocycles. The van der Waals surface area contributed by atoms with Gasteiger partial charge in [-0.15, -0.1) is 0 Å². The van der Waals surface area contributed by atoms with Crippen LogP contribution >= 0.6 is 0 Å². The van der Waals surface area contributed by atoms with Crippen LogP contribution < -0.4 is 0 Å². The van der Waals surface area contributed by atoms with Gasteiger partial charge in [0.15, 0.2) is 0 Å². The fourth-order valence-corrected chi connectivity index (χ4v) is 2.67. The molecule has 0 bridgehead atoms. The van der Waals surface area contributed by atoms with Crippen LogP contribution in [0.5, 0.6) is 0 Å². The molecule has 2 rings (SSSR count). The minimum absolute atomic E-state index is 0.0689. The molecular weight excluding hydrogens is 216 g/mol. The number of nitrogens with zero attached hydrogens (tertiary/aromatic N) is 2. The van der Waals surface area contributed by atoms with Crippen molar-refractivity contribution in [3.8, 4) is 0 Å². The van der Waals surface area contributed by atoms with Gasteiger partial charge in [-0.05, 0) is 18.8 Å². The highest BCUT2D eigenvalue weighted by Crippen LogP contribution is 2.31. The smallest absolute Gasteiger partial charge is 0.312 e. The quantitative estimate of drug-likeness (QED) is 0.874. The predicted molar refractivity (Wildman–Crippen MR) is 64.9 cm³/mol. The topological polar surface area (TPSA) is 55.1 Å². The number of imidazole rings is 1. The summed E-state index contributed by atoms with van der Waals surface area (Å²) in [7, 11) is 0. The number of hydrogen-bond donors (Lipinski definition) is 1. The molecule has 1 atom stereocenters. The van der Waals surface area contributed by atoms with Crippen molar-refractivity contribution in [2.75, 3.05) is 0 Å². The lowest BCUT2D eigenvalue weighted by Crippen LogP contribution is -2.17. The third kappa shape index (κ3) is 2.51. The summed E-state index contributed by atoms with van der Waals surface area (Å²) in [6, 6.07) is 0.526. The van der Waals surface area contributed by atoms with Crippen molar-refractivity contribution in [2.24, 2.45) is 5.92 Å². The van der Waals surface area contributed by atoms with Gasteiger partial charge in [0.25, 0.3) is 0 Å². The summed E-state index contributed by atoms with van der Waals surface area (Å²) in [6.45, 7) is 3.85. The molecule has 1 aliphatic carbocycles. The third-order valence-electron chi connectivity index (χ3n) is 3.62. The zero-order chi connectivity index (χ0) is 12.4. The zero-order valence-electron chi connectivity index (χ0n) is 10.5. The van der Waals surface area contributed by atoms with Crippen LogP contribution in [0.2, 0.25) is 0 Å². The minimum Gasteiger partial charge on any atom is -0.481 e. The van der Waals surface area contributed by atoms with E-state index in [4.69, 9.17) is 0 Å². The molecule has 4 heteroatoms. The minimum atomic E-state index is -0.781. The summed E-state index contributed by atoms with van der Waals surface area (Å²) < 4.78 is 2.10. The van der Waals surface area contributed by atoms with Crippen LogP contribution in [0.25, 0.3) is 0 Å². The van der Waals surface area contributed by atoms with Crippen LogP contribution in [-0.2, 0) is 4.79 Å². The first kappa shape index (κ1) is 12.1. The van der Waals surface area contributed by atoms with E-state index in [9.17, 15) is 9.90 Å². The molecule has 4 nitrogen and oxygen atoms in total. The lowest BCUT2D eigenvalue weighted by Gasteiger charge is -2.14. The van der Waals surface area contributed by atoms with Gasteiger partial charge in [-0.2, -0.15) is 0 Å². The van der Waals surface area contributed by atoms with Gasteiger partial charge >= 0.3 is 5.97 Å². The average Bonchev–Trinajstić information content (AvgIpc) is 2.83. The van der Waals surface area contributed by atoms with Crippen molar-refractivity contribution in [3.63, 3.8) is 0 Å². The molecule has 94 valence electrons. The maximum atomic E-state index is 11.2. The normalized spacial score (nSPS) is 18.8. The standard InChI is InChI=1S/C13H20N2O2/c1-9(2)12(13(16)17)11-7-15(8-14-11)10-5-3-4-6-10/h7-10,12H,3-6H2,1-2H3,(H,16,17). The molecule has 1 aromatic heterocycles. The number of carbonyl (C=O) groups is 1. The highest BCUT2D eigenvalue weighted by Gasteiger charge is 2.27. The van der Waals surface area contributed by atoms with Crippen molar-refractivity contribution in [1.82, 2.24) is 9.55 Å². The van der Waals surface area contributed by atoms with E-state index >= 15 is 0 Å². The molecule has 1 aliphatic rings. The first-order valence-electron chi connectivity index (χ1n) is 6.35. The van der Waals surface area contributed by atoms with Crippen molar-refractivity contribution >= 4 is 5.97 Å².